The highest BCUT2D eigenvalue weighted by Crippen LogP contribution is 2.31. The third kappa shape index (κ3) is 5.22. The highest BCUT2D eigenvalue weighted by atomic mass is 16.4. The number of nitrogens with one attached hydrogen (secondary N) is 2. The number of carboxylic acid groups (broad SMARTS) is 2. The Kier molecular flexibility index (Phi) is 6.93. The Bertz CT molecular complexity index is 1160. The van der Waals surface area contributed by atoms with Crippen LogP contribution in [0.15, 0.2) is 51.4 Å². The molecule has 1 unspecified atom stereocenters. The molecule has 0 fully saturated rings. The van der Waals surface area contributed by atoms with Gasteiger partial charge >= 0.3 is 17.6 Å². The average molecular weight is 416 g/mol. The second-order valence-electron chi connectivity index (χ2n) is 7.34. The first-order valence-electron chi connectivity index (χ1n) is 9.20. The second-order valence-corrected chi connectivity index (χ2v) is 7.34. The number of aliphatic carboxylic acids is 2. The van der Waals surface area contributed by atoms with Gasteiger partial charge in [-0.25, -0.2) is 14.6 Å². The van der Waals surface area contributed by atoms with Crippen molar-refractivity contribution in [3.63, 3.8) is 0 Å². The molecule has 4 N–H and O–H groups in total. The average Bonchev–Trinajstić information content (AvgIpc) is 3.13. The first-order chi connectivity index (χ1) is 14.0. The molecule has 2 aromatic heterocycles. The van der Waals surface area contributed by atoms with Crippen LogP contribution in [0.5, 0.6) is 0 Å². The topological polar surface area (TPSA) is 158 Å². The van der Waals surface area contributed by atoms with Gasteiger partial charge in [0.2, 0.25) is 0 Å². The molecule has 1 aliphatic carbocycles. The van der Waals surface area contributed by atoms with Gasteiger partial charge in [0.25, 0.3) is 5.56 Å². The molecule has 0 bridgehead atoms. The van der Waals surface area contributed by atoms with Crippen LogP contribution in [-0.4, -0.2) is 41.7 Å². The molecule has 0 saturated heterocycles. The van der Waals surface area contributed by atoms with Crippen molar-refractivity contribution in [2.45, 2.75) is 40.2 Å². The molecule has 3 rings (SSSR count). The lowest BCUT2D eigenvalue weighted by molar-refractivity contribution is -0.145. The Labute approximate surface area is 171 Å². The normalized spacial score (nSPS) is 17.6. The van der Waals surface area contributed by atoms with Gasteiger partial charge < -0.3 is 15.2 Å². The Morgan fingerprint density at radius 1 is 1.30 bits per heavy atom. The number of carbonyl (C=O) groups is 2. The lowest BCUT2D eigenvalue weighted by Crippen LogP contribution is -2.35. The summed E-state index contributed by atoms with van der Waals surface area (Å²) in [7, 11) is 0. The van der Waals surface area contributed by atoms with E-state index >= 15 is 0 Å². The fourth-order valence-corrected chi connectivity index (χ4v) is 2.82. The van der Waals surface area contributed by atoms with E-state index in [2.05, 4.69) is 15.0 Å². The monoisotopic (exact) mass is 416 g/mol. The van der Waals surface area contributed by atoms with Crippen LogP contribution in [0, 0.1) is 5.41 Å². The van der Waals surface area contributed by atoms with Crippen LogP contribution in [0.25, 0.3) is 11.2 Å². The van der Waals surface area contributed by atoms with Crippen molar-refractivity contribution < 1.29 is 19.8 Å². The van der Waals surface area contributed by atoms with E-state index in [0.29, 0.717) is 24.1 Å². The molecule has 160 valence electrons. The van der Waals surface area contributed by atoms with Crippen molar-refractivity contribution in [2.75, 3.05) is 0 Å². The summed E-state index contributed by atoms with van der Waals surface area (Å²) in [6.07, 6.45) is 8.47. The Morgan fingerprint density at radius 2 is 2.00 bits per heavy atom. The van der Waals surface area contributed by atoms with Gasteiger partial charge in [-0.15, -0.1) is 0 Å². The SMILES string of the molecule is CC(C)=CCCn1c(=O)[nH]c2nc[nH]c2c1=O.CC1(C(=O)O)C=CC=C(C(=O)O)C1. The van der Waals surface area contributed by atoms with Gasteiger partial charge in [-0.1, -0.05) is 29.9 Å². The van der Waals surface area contributed by atoms with E-state index in [1.165, 1.54) is 36.0 Å². The van der Waals surface area contributed by atoms with Gasteiger partial charge in [0.05, 0.1) is 11.7 Å². The molecule has 1 atom stereocenters. The fourth-order valence-electron chi connectivity index (χ4n) is 2.82. The van der Waals surface area contributed by atoms with Crippen molar-refractivity contribution in [3.8, 4) is 0 Å². The van der Waals surface area contributed by atoms with E-state index in [1.54, 1.807) is 0 Å². The zero-order valence-electron chi connectivity index (χ0n) is 16.9. The summed E-state index contributed by atoms with van der Waals surface area (Å²) in [4.78, 5) is 54.1. The van der Waals surface area contributed by atoms with Crippen LogP contribution < -0.4 is 11.2 Å². The Morgan fingerprint density at radius 3 is 2.60 bits per heavy atom. The number of nitrogens with zero attached hydrogens (tertiary/aromatic N) is 2. The summed E-state index contributed by atoms with van der Waals surface area (Å²) >= 11 is 0. The number of aromatic nitrogens is 4. The van der Waals surface area contributed by atoms with Crippen molar-refractivity contribution in [1.82, 2.24) is 19.5 Å². The number of H-pyrrole nitrogens is 2. The highest BCUT2D eigenvalue weighted by Gasteiger charge is 2.34. The molecule has 0 saturated carbocycles. The standard InChI is InChI=1S/C11H14N4O2.C9H10O4/c1-7(2)4-3-5-15-10(16)8-9(13-6-12-8)14-11(15)17;1-9(8(12)13)4-2-3-6(5-9)7(10)11/h4,6H,3,5H2,1-2H3,(H,12,13)(H,14,17);2-4H,5H2,1H3,(H,10,11)(H,12,13). The van der Waals surface area contributed by atoms with Crippen LogP contribution in [-0.2, 0) is 16.1 Å². The van der Waals surface area contributed by atoms with E-state index in [1.807, 2.05) is 19.9 Å². The fraction of sp³-hybridized carbons (Fsp3) is 0.350. The third-order valence-corrected chi connectivity index (χ3v) is 4.56. The zero-order valence-corrected chi connectivity index (χ0v) is 16.9. The predicted molar refractivity (Wildman–Crippen MR) is 110 cm³/mol. The van der Waals surface area contributed by atoms with Crippen molar-refractivity contribution in [2.24, 2.45) is 5.41 Å². The van der Waals surface area contributed by atoms with Crippen LogP contribution in [0.3, 0.4) is 0 Å². The van der Waals surface area contributed by atoms with E-state index in [4.69, 9.17) is 10.2 Å². The summed E-state index contributed by atoms with van der Waals surface area (Å²) in [5, 5.41) is 17.5. The maximum atomic E-state index is 11.9. The Balaban J connectivity index is 0.000000222. The maximum Gasteiger partial charge on any atom is 0.331 e. The van der Waals surface area contributed by atoms with Crippen molar-refractivity contribution in [3.05, 3.63) is 62.6 Å². The minimum atomic E-state index is -1.08. The smallest absolute Gasteiger partial charge is 0.331 e. The van der Waals surface area contributed by atoms with Crippen LogP contribution >= 0.6 is 0 Å². The van der Waals surface area contributed by atoms with Gasteiger partial charge in [0.15, 0.2) is 5.65 Å². The molecule has 2 aromatic rings. The van der Waals surface area contributed by atoms with Gasteiger partial charge in [0, 0.05) is 12.1 Å². The number of fused-ring (bicyclic) bond motifs is 1. The van der Waals surface area contributed by atoms with E-state index in [9.17, 15) is 19.2 Å². The minimum absolute atomic E-state index is 0.0359. The molecule has 0 radical (unpaired) electrons. The van der Waals surface area contributed by atoms with E-state index in [0.717, 1.165) is 5.57 Å². The number of imidazole rings is 1. The largest absolute Gasteiger partial charge is 0.481 e. The molecule has 10 heteroatoms. The number of hydrogen-bond acceptors (Lipinski definition) is 5. The molecule has 10 nitrogen and oxygen atoms in total. The Hall–Kier alpha value is -3.69. The molecule has 0 aliphatic heterocycles. The number of aromatic amines is 2. The molecule has 0 aromatic carbocycles. The number of hydrogen-bond donors (Lipinski definition) is 4. The lowest BCUT2D eigenvalue weighted by Gasteiger charge is -2.23. The lowest BCUT2D eigenvalue weighted by atomic mass is 9.80. The number of allylic oxidation sites excluding steroid dienone is 4. The first kappa shape index (κ1) is 22.6. The van der Waals surface area contributed by atoms with Crippen molar-refractivity contribution in [1.29, 1.82) is 0 Å². The van der Waals surface area contributed by atoms with Gasteiger partial charge in [-0.2, -0.15) is 0 Å². The molecular formula is C20H24N4O6. The van der Waals surface area contributed by atoms with Crippen molar-refractivity contribution >= 4 is 23.1 Å². The van der Waals surface area contributed by atoms with Crippen LogP contribution in [0.2, 0.25) is 0 Å². The molecule has 0 spiro atoms. The quantitative estimate of drug-likeness (QED) is 0.541. The van der Waals surface area contributed by atoms with Crippen LogP contribution in [0.1, 0.15) is 33.6 Å². The second kappa shape index (κ2) is 9.21. The van der Waals surface area contributed by atoms with E-state index < -0.39 is 23.0 Å². The number of carboxylic acids is 2. The molecule has 1 aliphatic rings. The van der Waals surface area contributed by atoms with Gasteiger partial charge in [-0.3, -0.25) is 19.1 Å². The minimum Gasteiger partial charge on any atom is -0.481 e. The first-order valence-corrected chi connectivity index (χ1v) is 9.20. The molecule has 0 amide bonds. The predicted octanol–water partition coefficient (Wildman–Crippen LogP) is 1.82. The molecule has 2 heterocycles. The van der Waals surface area contributed by atoms with E-state index in [-0.39, 0.29) is 17.6 Å². The summed E-state index contributed by atoms with van der Waals surface area (Å²) in [5.74, 6) is -2.06. The molecule has 30 heavy (non-hydrogen) atoms. The van der Waals surface area contributed by atoms with Gasteiger partial charge in [-0.05, 0) is 33.6 Å². The third-order valence-electron chi connectivity index (χ3n) is 4.56. The number of rotatable bonds is 5. The summed E-state index contributed by atoms with van der Waals surface area (Å²) in [5.41, 5.74) is 0.104. The summed E-state index contributed by atoms with van der Waals surface area (Å²) < 4.78 is 1.18. The summed E-state index contributed by atoms with van der Waals surface area (Å²) in [6, 6.07) is 0. The zero-order chi connectivity index (χ0) is 22.5. The molecular weight excluding hydrogens is 392 g/mol. The van der Waals surface area contributed by atoms with Crippen LogP contribution in [0.4, 0.5) is 0 Å². The maximum absolute atomic E-state index is 11.9. The summed E-state index contributed by atoms with van der Waals surface area (Å²) in [6.45, 7) is 5.83. The van der Waals surface area contributed by atoms with Gasteiger partial charge in [0.1, 0.15) is 5.52 Å². The highest BCUT2D eigenvalue weighted by molar-refractivity contribution is 5.90.